The third-order valence-electron chi connectivity index (χ3n) is 0.500. The molecule has 1 rings (SSSR count). The van der Waals surface area contributed by atoms with Gasteiger partial charge in [-0.3, -0.25) is 0 Å². The molecule has 0 spiro atoms. The minimum atomic E-state index is 0. The van der Waals surface area contributed by atoms with Crippen molar-refractivity contribution >= 4 is 51.4 Å². The van der Waals surface area contributed by atoms with Gasteiger partial charge in [-0.25, -0.2) is 0 Å². The van der Waals surface area contributed by atoms with E-state index in [-0.39, 0.29) is 51.4 Å². The van der Waals surface area contributed by atoms with E-state index in [4.69, 9.17) is 0 Å². The molecule has 0 amide bonds. The molecule has 4 heteroatoms. The van der Waals surface area contributed by atoms with Gasteiger partial charge in [0.25, 0.3) is 0 Å². The van der Waals surface area contributed by atoms with Gasteiger partial charge in [0.1, 0.15) is 0 Å². The van der Waals surface area contributed by atoms with Crippen LogP contribution in [-0.2, 0) is 14.2 Å². The summed E-state index contributed by atoms with van der Waals surface area (Å²) < 4.78 is 13.9. The summed E-state index contributed by atoms with van der Waals surface area (Å²) in [5, 5.41) is 0. The standard InChI is InChI=1S/C3H6O3.K.H/c1-4-2-6-3-5-1;;/h1-3H2;;. The predicted molar refractivity (Wildman–Crippen MR) is 25.0 cm³/mol. The second kappa shape index (κ2) is 5.65. The van der Waals surface area contributed by atoms with E-state index in [1.807, 2.05) is 0 Å². The van der Waals surface area contributed by atoms with Gasteiger partial charge < -0.3 is 14.2 Å². The monoisotopic (exact) mass is 130 g/mol. The van der Waals surface area contributed by atoms with Crippen molar-refractivity contribution in [1.29, 1.82) is 0 Å². The van der Waals surface area contributed by atoms with Crippen LogP contribution < -0.4 is 0 Å². The van der Waals surface area contributed by atoms with Crippen molar-refractivity contribution in [2.24, 2.45) is 0 Å². The Balaban J connectivity index is 0.000000360. The van der Waals surface area contributed by atoms with Crippen molar-refractivity contribution in [3.05, 3.63) is 0 Å². The Morgan fingerprint density at radius 2 is 1.00 bits per heavy atom. The fourth-order valence-corrected chi connectivity index (χ4v) is 0.279. The summed E-state index contributed by atoms with van der Waals surface area (Å²) >= 11 is 0. The maximum atomic E-state index is 4.62. The molecule has 38 valence electrons. The first-order valence-corrected chi connectivity index (χ1v) is 1.73. The first-order valence-electron chi connectivity index (χ1n) is 1.73. The normalized spacial score (nSPS) is 20.6. The third kappa shape index (κ3) is 4.05. The van der Waals surface area contributed by atoms with Crippen LogP contribution in [0.5, 0.6) is 0 Å². The average Bonchev–Trinajstić information content (AvgIpc) is 1.72. The van der Waals surface area contributed by atoms with Gasteiger partial charge in [-0.15, -0.1) is 0 Å². The second-order valence-electron chi connectivity index (χ2n) is 0.966. The Bertz CT molecular complexity index is 25.7. The van der Waals surface area contributed by atoms with Gasteiger partial charge >= 0.3 is 51.4 Å². The van der Waals surface area contributed by atoms with Crippen molar-refractivity contribution in [2.45, 2.75) is 0 Å². The molecular formula is C3H7KO3. The van der Waals surface area contributed by atoms with Crippen molar-refractivity contribution in [3.63, 3.8) is 0 Å². The van der Waals surface area contributed by atoms with E-state index in [1.165, 1.54) is 0 Å². The van der Waals surface area contributed by atoms with Crippen molar-refractivity contribution in [1.82, 2.24) is 0 Å². The van der Waals surface area contributed by atoms with Gasteiger partial charge in [-0.1, -0.05) is 0 Å². The zero-order valence-electron chi connectivity index (χ0n) is 3.35. The summed E-state index contributed by atoms with van der Waals surface area (Å²) in [6.45, 7) is 1.12. The van der Waals surface area contributed by atoms with Crippen LogP contribution in [0.25, 0.3) is 0 Å². The quantitative estimate of drug-likeness (QED) is 0.405. The summed E-state index contributed by atoms with van der Waals surface area (Å²) in [4.78, 5) is 0. The Kier molecular flexibility index (Phi) is 6.87. The first-order chi connectivity index (χ1) is 3.00. The van der Waals surface area contributed by atoms with E-state index in [2.05, 4.69) is 14.2 Å². The number of ether oxygens (including phenoxy) is 3. The Hall–Kier alpha value is 1.52. The molecule has 1 saturated heterocycles. The zero-order chi connectivity index (χ0) is 4.24. The predicted octanol–water partition coefficient (Wildman–Crippen LogP) is -0.726. The molecule has 0 aromatic carbocycles. The number of rotatable bonds is 0. The van der Waals surface area contributed by atoms with E-state index in [0.29, 0.717) is 20.4 Å². The molecule has 0 aliphatic carbocycles. The molecular weight excluding hydrogens is 123 g/mol. The minimum absolute atomic E-state index is 0. The molecule has 3 nitrogen and oxygen atoms in total. The molecule has 0 saturated carbocycles. The van der Waals surface area contributed by atoms with E-state index in [1.54, 1.807) is 0 Å². The van der Waals surface area contributed by atoms with Crippen LogP contribution in [0, 0.1) is 0 Å². The van der Waals surface area contributed by atoms with Gasteiger partial charge in [0.15, 0.2) is 20.4 Å². The Morgan fingerprint density at radius 1 is 0.714 bits per heavy atom. The molecule has 7 heavy (non-hydrogen) atoms. The summed E-state index contributed by atoms with van der Waals surface area (Å²) in [5.74, 6) is 0. The Labute approximate surface area is 84.7 Å². The van der Waals surface area contributed by atoms with Crippen LogP contribution >= 0.6 is 0 Å². The summed E-state index contributed by atoms with van der Waals surface area (Å²) in [6, 6.07) is 0. The van der Waals surface area contributed by atoms with E-state index in [0.717, 1.165) is 0 Å². The first kappa shape index (κ1) is 8.52. The molecule has 0 unspecified atom stereocenters. The van der Waals surface area contributed by atoms with Crippen molar-refractivity contribution in [2.75, 3.05) is 20.4 Å². The second-order valence-corrected chi connectivity index (χ2v) is 0.966. The molecule has 1 aliphatic rings. The summed E-state index contributed by atoms with van der Waals surface area (Å²) in [6.07, 6.45) is 0. The van der Waals surface area contributed by atoms with Crippen LogP contribution in [0.15, 0.2) is 0 Å². The fraction of sp³-hybridized carbons (Fsp3) is 1.00. The van der Waals surface area contributed by atoms with Gasteiger partial charge in [0.05, 0.1) is 0 Å². The van der Waals surface area contributed by atoms with Crippen molar-refractivity contribution < 1.29 is 14.2 Å². The molecule has 0 aromatic heterocycles. The van der Waals surface area contributed by atoms with E-state index < -0.39 is 0 Å². The molecule has 1 heterocycles. The molecule has 1 fully saturated rings. The fourth-order valence-electron chi connectivity index (χ4n) is 0.279. The van der Waals surface area contributed by atoms with Gasteiger partial charge in [-0.05, 0) is 0 Å². The number of hydrogen-bond donors (Lipinski definition) is 0. The molecule has 0 aromatic rings. The average molecular weight is 130 g/mol. The summed E-state index contributed by atoms with van der Waals surface area (Å²) in [5.41, 5.74) is 0. The van der Waals surface area contributed by atoms with Crippen LogP contribution in [0.3, 0.4) is 0 Å². The van der Waals surface area contributed by atoms with E-state index >= 15 is 0 Å². The molecule has 0 radical (unpaired) electrons. The zero-order valence-corrected chi connectivity index (χ0v) is 3.35. The van der Waals surface area contributed by atoms with Crippen LogP contribution in [-0.4, -0.2) is 71.8 Å². The van der Waals surface area contributed by atoms with Crippen LogP contribution in [0.2, 0.25) is 0 Å². The maximum absolute atomic E-state index is 4.62. The molecule has 1 aliphatic heterocycles. The number of hydrogen-bond acceptors (Lipinski definition) is 3. The third-order valence-corrected chi connectivity index (χ3v) is 0.500. The topological polar surface area (TPSA) is 27.7 Å². The van der Waals surface area contributed by atoms with E-state index in [9.17, 15) is 0 Å². The van der Waals surface area contributed by atoms with Gasteiger partial charge in [0, 0.05) is 0 Å². The van der Waals surface area contributed by atoms with Crippen LogP contribution in [0.4, 0.5) is 0 Å². The van der Waals surface area contributed by atoms with Crippen LogP contribution in [0.1, 0.15) is 0 Å². The van der Waals surface area contributed by atoms with Gasteiger partial charge in [-0.2, -0.15) is 0 Å². The molecule has 0 N–H and O–H groups in total. The Morgan fingerprint density at radius 3 is 1.14 bits per heavy atom. The summed E-state index contributed by atoms with van der Waals surface area (Å²) in [7, 11) is 0. The van der Waals surface area contributed by atoms with Gasteiger partial charge in [0.2, 0.25) is 0 Å². The SMILES string of the molecule is C1OCOCO1.[KH]. The van der Waals surface area contributed by atoms with Crippen molar-refractivity contribution in [3.8, 4) is 0 Å². The molecule has 0 atom stereocenters. The molecule has 0 bridgehead atoms.